The van der Waals surface area contributed by atoms with Crippen molar-refractivity contribution < 1.29 is 14.0 Å². The van der Waals surface area contributed by atoms with Crippen molar-refractivity contribution in [3.63, 3.8) is 0 Å². The molecule has 1 saturated carbocycles. The molecular weight excluding hydrogens is 408 g/mol. The van der Waals surface area contributed by atoms with Crippen LogP contribution < -0.4 is 10.2 Å². The van der Waals surface area contributed by atoms with Crippen molar-refractivity contribution in [2.45, 2.75) is 59.0 Å². The molecule has 2 amide bonds. The molecule has 0 radical (unpaired) electrons. The van der Waals surface area contributed by atoms with Crippen LogP contribution in [0.25, 0.3) is 11.6 Å². The van der Waals surface area contributed by atoms with Crippen LogP contribution in [0.1, 0.15) is 42.6 Å². The first kappa shape index (κ1) is 21.7. The van der Waals surface area contributed by atoms with Gasteiger partial charge in [0.1, 0.15) is 18.8 Å². The fourth-order valence-corrected chi connectivity index (χ4v) is 3.99. The summed E-state index contributed by atoms with van der Waals surface area (Å²) in [5.41, 5.74) is 2.71. The molecule has 0 bridgehead atoms. The van der Waals surface area contributed by atoms with E-state index in [2.05, 4.69) is 20.7 Å². The summed E-state index contributed by atoms with van der Waals surface area (Å²) in [5, 5.41) is 15.3. The zero-order valence-electron chi connectivity index (χ0n) is 18.7. The van der Waals surface area contributed by atoms with Crippen molar-refractivity contribution in [1.29, 1.82) is 0 Å². The molecule has 0 aliphatic heterocycles. The van der Waals surface area contributed by atoms with Crippen LogP contribution >= 0.6 is 0 Å². The Bertz CT molecular complexity index is 1110. The number of aromatic nitrogens is 4. The van der Waals surface area contributed by atoms with Crippen LogP contribution in [0, 0.1) is 20.8 Å². The number of hydrogen-bond donors (Lipinski definition) is 1. The average Bonchev–Trinajstić information content (AvgIpc) is 3.51. The number of tetrazole rings is 1. The quantitative estimate of drug-likeness (QED) is 0.610. The minimum absolute atomic E-state index is 0.0570. The SMILES string of the molecule is Cc1ccc(-c2nnn(CC(=O)N(CC(=O)NC3CCCC3)c3cccc(C)c3C)n2)o1. The Kier molecular flexibility index (Phi) is 6.34. The lowest BCUT2D eigenvalue weighted by molar-refractivity contribution is -0.124. The van der Waals surface area contributed by atoms with Gasteiger partial charge < -0.3 is 14.6 Å². The van der Waals surface area contributed by atoms with Gasteiger partial charge in [0.25, 0.3) is 5.91 Å². The molecule has 1 aliphatic carbocycles. The Balaban J connectivity index is 1.53. The van der Waals surface area contributed by atoms with Crippen molar-refractivity contribution in [3.8, 4) is 11.6 Å². The molecular formula is C23H28N6O3. The lowest BCUT2D eigenvalue weighted by Gasteiger charge is -2.25. The number of hydrogen-bond acceptors (Lipinski definition) is 6. The molecule has 3 aromatic rings. The third-order valence-electron chi connectivity index (χ3n) is 5.88. The number of rotatable bonds is 7. The largest absolute Gasteiger partial charge is 0.458 e. The Labute approximate surface area is 186 Å². The number of carbonyl (C=O) groups excluding carboxylic acids is 2. The summed E-state index contributed by atoms with van der Waals surface area (Å²) in [5.74, 6) is 1.08. The molecule has 0 saturated heterocycles. The number of nitrogens with zero attached hydrogens (tertiary/aromatic N) is 5. The second-order valence-corrected chi connectivity index (χ2v) is 8.30. The van der Waals surface area contributed by atoms with Crippen LogP contribution in [0.5, 0.6) is 0 Å². The van der Waals surface area contributed by atoms with Crippen LogP contribution in [0.4, 0.5) is 5.69 Å². The number of benzene rings is 1. The van der Waals surface area contributed by atoms with Gasteiger partial charge in [0.2, 0.25) is 11.7 Å². The maximum Gasteiger partial charge on any atom is 0.251 e. The first-order chi connectivity index (χ1) is 15.4. The predicted molar refractivity (Wildman–Crippen MR) is 119 cm³/mol. The van der Waals surface area contributed by atoms with E-state index in [1.807, 2.05) is 45.0 Å². The predicted octanol–water partition coefficient (Wildman–Crippen LogP) is 2.95. The van der Waals surface area contributed by atoms with Gasteiger partial charge in [-0.2, -0.15) is 4.80 Å². The van der Waals surface area contributed by atoms with Crippen LogP contribution in [0.2, 0.25) is 0 Å². The van der Waals surface area contributed by atoms with E-state index in [1.165, 1.54) is 9.70 Å². The van der Waals surface area contributed by atoms with E-state index in [1.54, 1.807) is 6.07 Å². The van der Waals surface area contributed by atoms with E-state index in [-0.39, 0.29) is 30.9 Å². The molecule has 9 nitrogen and oxygen atoms in total. The monoisotopic (exact) mass is 436 g/mol. The van der Waals surface area contributed by atoms with Gasteiger partial charge in [0.05, 0.1) is 0 Å². The van der Waals surface area contributed by atoms with Crippen LogP contribution in [0.15, 0.2) is 34.7 Å². The summed E-state index contributed by atoms with van der Waals surface area (Å²) < 4.78 is 5.52. The highest BCUT2D eigenvalue weighted by Crippen LogP contribution is 2.24. The summed E-state index contributed by atoms with van der Waals surface area (Å²) in [7, 11) is 0. The molecule has 1 aromatic carbocycles. The van der Waals surface area contributed by atoms with Crippen molar-refractivity contribution in [3.05, 3.63) is 47.2 Å². The molecule has 4 rings (SSSR count). The van der Waals surface area contributed by atoms with Gasteiger partial charge in [-0.3, -0.25) is 9.59 Å². The van der Waals surface area contributed by atoms with E-state index in [9.17, 15) is 9.59 Å². The summed E-state index contributed by atoms with van der Waals surface area (Å²) in [4.78, 5) is 28.8. The number of amides is 2. The Morgan fingerprint density at radius 3 is 2.66 bits per heavy atom. The molecule has 1 aliphatic rings. The first-order valence-electron chi connectivity index (χ1n) is 10.9. The zero-order chi connectivity index (χ0) is 22.7. The first-order valence-corrected chi connectivity index (χ1v) is 10.9. The molecule has 0 spiro atoms. The van der Waals surface area contributed by atoms with E-state index in [0.717, 1.165) is 42.6 Å². The van der Waals surface area contributed by atoms with Crippen LogP contribution in [0.3, 0.4) is 0 Å². The molecule has 32 heavy (non-hydrogen) atoms. The summed E-state index contributed by atoms with van der Waals surface area (Å²) in [6.45, 7) is 5.56. The highest BCUT2D eigenvalue weighted by Gasteiger charge is 2.25. The molecule has 1 fully saturated rings. The number of furan rings is 1. The fourth-order valence-electron chi connectivity index (χ4n) is 3.99. The van der Waals surface area contributed by atoms with Gasteiger partial charge >= 0.3 is 0 Å². The minimum Gasteiger partial charge on any atom is -0.458 e. The number of nitrogens with one attached hydrogen (secondary N) is 1. The zero-order valence-corrected chi connectivity index (χ0v) is 18.7. The molecule has 0 unspecified atom stereocenters. The van der Waals surface area contributed by atoms with Crippen molar-refractivity contribution >= 4 is 17.5 Å². The minimum atomic E-state index is -0.292. The normalized spacial score (nSPS) is 14.0. The van der Waals surface area contributed by atoms with Crippen molar-refractivity contribution in [2.75, 3.05) is 11.4 Å². The number of carbonyl (C=O) groups is 2. The van der Waals surface area contributed by atoms with Gasteiger partial charge in [-0.25, -0.2) is 0 Å². The molecule has 2 aromatic heterocycles. The second kappa shape index (κ2) is 9.33. The van der Waals surface area contributed by atoms with E-state index < -0.39 is 0 Å². The third-order valence-corrected chi connectivity index (χ3v) is 5.88. The lowest BCUT2D eigenvalue weighted by atomic mass is 10.1. The van der Waals surface area contributed by atoms with Gasteiger partial charge in [-0.05, 0) is 68.2 Å². The summed E-state index contributed by atoms with van der Waals surface area (Å²) in [6, 6.07) is 9.48. The standard InChI is InChI=1S/C23H28N6O3/c1-15-7-6-10-19(17(15)3)28(13-21(30)24-18-8-4-5-9-18)22(31)14-29-26-23(25-27-29)20-12-11-16(2)32-20/h6-7,10-12,18H,4-5,8-9,13-14H2,1-3H3,(H,24,30). The van der Waals surface area contributed by atoms with Gasteiger partial charge in [0, 0.05) is 11.7 Å². The fraction of sp³-hybridized carbons (Fsp3) is 0.435. The number of aryl methyl sites for hydroxylation is 2. The second-order valence-electron chi connectivity index (χ2n) is 8.30. The molecule has 2 heterocycles. The smallest absolute Gasteiger partial charge is 0.251 e. The summed E-state index contributed by atoms with van der Waals surface area (Å²) >= 11 is 0. The van der Waals surface area contributed by atoms with Crippen molar-refractivity contribution in [1.82, 2.24) is 25.5 Å². The highest BCUT2D eigenvalue weighted by atomic mass is 16.3. The van der Waals surface area contributed by atoms with Gasteiger partial charge in [0.15, 0.2) is 5.76 Å². The Morgan fingerprint density at radius 2 is 1.94 bits per heavy atom. The average molecular weight is 437 g/mol. The summed E-state index contributed by atoms with van der Waals surface area (Å²) in [6.07, 6.45) is 4.22. The lowest BCUT2D eigenvalue weighted by Crippen LogP contribution is -2.45. The van der Waals surface area contributed by atoms with Crippen molar-refractivity contribution in [2.24, 2.45) is 0 Å². The van der Waals surface area contributed by atoms with Gasteiger partial charge in [-0.15, -0.1) is 10.2 Å². The Morgan fingerprint density at radius 1 is 1.16 bits per heavy atom. The van der Waals surface area contributed by atoms with Gasteiger partial charge in [-0.1, -0.05) is 25.0 Å². The Hall–Kier alpha value is -3.49. The van der Waals surface area contributed by atoms with E-state index >= 15 is 0 Å². The van der Waals surface area contributed by atoms with E-state index in [0.29, 0.717) is 17.3 Å². The molecule has 1 N–H and O–H groups in total. The van der Waals surface area contributed by atoms with Crippen LogP contribution in [-0.4, -0.2) is 44.6 Å². The van der Waals surface area contributed by atoms with Crippen LogP contribution in [-0.2, 0) is 16.1 Å². The number of anilines is 1. The molecule has 168 valence electrons. The molecule has 9 heteroatoms. The molecule has 0 atom stereocenters. The highest BCUT2D eigenvalue weighted by molar-refractivity contribution is 5.99. The topological polar surface area (TPSA) is 106 Å². The van der Waals surface area contributed by atoms with E-state index in [4.69, 9.17) is 4.42 Å². The maximum absolute atomic E-state index is 13.3. The maximum atomic E-state index is 13.3. The third kappa shape index (κ3) is 4.87.